The lowest BCUT2D eigenvalue weighted by Gasteiger charge is -2.34. The molecule has 1 saturated heterocycles. The van der Waals surface area contributed by atoms with Crippen molar-refractivity contribution in [3.8, 4) is 0 Å². The van der Waals surface area contributed by atoms with Gasteiger partial charge in [-0.3, -0.25) is 4.68 Å². The molecule has 29 heavy (non-hydrogen) atoms. The standard InChI is InChI=1S/C21H29FN6.ClH/c1-3-4-5-6-9-28-15-17-20(25-28)23-18-8-7-16(22)14-19(18)24-21(17)27-12-10-26(2)11-13-27;/h7-8,14-15H,3-6,9-13H2,1-2H3,(H,23,25);1H. The molecule has 1 aromatic heterocycles. The van der Waals surface area contributed by atoms with E-state index in [0.29, 0.717) is 5.69 Å². The molecule has 6 nitrogen and oxygen atoms in total. The van der Waals surface area contributed by atoms with Crippen LogP contribution in [0, 0.1) is 5.82 Å². The zero-order chi connectivity index (χ0) is 19.5. The summed E-state index contributed by atoms with van der Waals surface area (Å²) >= 11 is 0. The number of amidine groups is 1. The summed E-state index contributed by atoms with van der Waals surface area (Å²) in [5, 5.41) is 8.16. The van der Waals surface area contributed by atoms with Crippen LogP contribution in [0.4, 0.5) is 21.6 Å². The van der Waals surface area contributed by atoms with E-state index in [-0.39, 0.29) is 18.2 Å². The lowest BCUT2D eigenvalue weighted by atomic mass is 10.2. The van der Waals surface area contributed by atoms with Crippen molar-refractivity contribution in [2.75, 3.05) is 38.5 Å². The fourth-order valence-electron chi connectivity index (χ4n) is 3.76. The van der Waals surface area contributed by atoms with Crippen LogP contribution in [0.1, 0.15) is 38.2 Å². The Labute approximate surface area is 178 Å². The molecule has 0 bridgehead atoms. The number of rotatable bonds is 5. The Morgan fingerprint density at radius 1 is 1.10 bits per heavy atom. The average Bonchev–Trinajstić information content (AvgIpc) is 3.02. The van der Waals surface area contributed by atoms with Gasteiger partial charge in [0.2, 0.25) is 0 Å². The molecule has 4 rings (SSSR count). The number of hydrogen-bond donors (Lipinski definition) is 1. The molecule has 1 N–H and O–H groups in total. The molecular formula is C21H30ClFN6. The van der Waals surface area contributed by atoms with Gasteiger partial charge < -0.3 is 15.1 Å². The summed E-state index contributed by atoms with van der Waals surface area (Å²) in [5.41, 5.74) is 2.42. The van der Waals surface area contributed by atoms with Gasteiger partial charge in [0, 0.05) is 45.0 Å². The SMILES string of the molecule is CCCCCCn1cc2c(n1)Nc1ccc(F)cc1N=C2N1CCN(C)CC1.Cl. The van der Waals surface area contributed by atoms with Gasteiger partial charge in [0.05, 0.1) is 16.9 Å². The summed E-state index contributed by atoms with van der Waals surface area (Å²) in [6.45, 7) is 6.91. The van der Waals surface area contributed by atoms with Gasteiger partial charge in [-0.1, -0.05) is 26.2 Å². The maximum Gasteiger partial charge on any atom is 0.163 e. The molecule has 1 fully saturated rings. The smallest absolute Gasteiger partial charge is 0.163 e. The second-order valence-electron chi connectivity index (χ2n) is 7.73. The molecule has 3 heterocycles. The Morgan fingerprint density at radius 3 is 2.66 bits per heavy atom. The number of piperazine rings is 1. The van der Waals surface area contributed by atoms with Crippen LogP contribution in [0.3, 0.4) is 0 Å². The molecule has 0 saturated carbocycles. The number of fused-ring (bicyclic) bond motifs is 2. The van der Waals surface area contributed by atoms with E-state index in [4.69, 9.17) is 10.1 Å². The zero-order valence-electron chi connectivity index (χ0n) is 17.2. The summed E-state index contributed by atoms with van der Waals surface area (Å²) < 4.78 is 15.9. The van der Waals surface area contributed by atoms with E-state index in [1.54, 1.807) is 6.07 Å². The number of unbranched alkanes of at least 4 members (excludes halogenated alkanes) is 3. The number of halogens is 2. The summed E-state index contributed by atoms with van der Waals surface area (Å²) in [7, 11) is 2.14. The third-order valence-electron chi connectivity index (χ3n) is 5.49. The Bertz CT molecular complexity index is 857. The second-order valence-corrected chi connectivity index (χ2v) is 7.73. The van der Waals surface area contributed by atoms with Crippen molar-refractivity contribution >= 4 is 35.4 Å². The fourth-order valence-corrected chi connectivity index (χ4v) is 3.76. The average molecular weight is 421 g/mol. The number of likely N-dealkylation sites (N-methyl/N-ethyl adjacent to an activating group) is 1. The van der Waals surface area contributed by atoms with E-state index in [2.05, 4.69) is 35.3 Å². The second kappa shape index (κ2) is 9.59. The topological polar surface area (TPSA) is 48.7 Å². The number of aliphatic imine (C=N–C) groups is 1. The molecule has 1 aromatic carbocycles. The number of benzene rings is 1. The number of hydrogen-bond acceptors (Lipinski definition) is 5. The molecule has 0 radical (unpaired) electrons. The van der Waals surface area contributed by atoms with Crippen molar-refractivity contribution in [2.45, 2.75) is 39.2 Å². The minimum atomic E-state index is -0.275. The van der Waals surface area contributed by atoms with E-state index < -0.39 is 0 Å². The third-order valence-corrected chi connectivity index (χ3v) is 5.49. The summed E-state index contributed by atoms with van der Waals surface area (Å²) in [5.74, 6) is 1.42. The van der Waals surface area contributed by atoms with E-state index in [1.165, 1.54) is 31.4 Å². The van der Waals surface area contributed by atoms with E-state index in [0.717, 1.165) is 62.0 Å². The predicted octanol–water partition coefficient (Wildman–Crippen LogP) is 4.41. The third kappa shape index (κ3) is 4.90. The molecule has 8 heteroatoms. The molecule has 2 aliphatic heterocycles. The van der Waals surface area contributed by atoms with Gasteiger partial charge in [-0.25, -0.2) is 9.38 Å². The van der Waals surface area contributed by atoms with Crippen LogP contribution >= 0.6 is 12.4 Å². The quantitative estimate of drug-likeness (QED) is 0.728. The molecule has 0 atom stereocenters. The van der Waals surface area contributed by atoms with Crippen molar-refractivity contribution in [3.05, 3.63) is 35.8 Å². The Hall–Kier alpha value is -2.12. The number of nitrogens with one attached hydrogen (secondary N) is 1. The minimum absolute atomic E-state index is 0. The van der Waals surface area contributed by atoms with Crippen LogP contribution in [-0.4, -0.2) is 58.6 Å². The molecule has 0 spiro atoms. The van der Waals surface area contributed by atoms with E-state index in [9.17, 15) is 4.39 Å². The predicted molar refractivity (Wildman–Crippen MR) is 119 cm³/mol. The van der Waals surface area contributed by atoms with Gasteiger partial charge in [-0.2, -0.15) is 5.10 Å². The lowest BCUT2D eigenvalue weighted by Crippen LogP contribution is -2.47. The monoisotopic (exact) mass is 420 g/mol. The van der Waals surface area contributed by atoms with Crippen LogP contribution in [-0.2, 0) is 6.54 Å². The van der Waals surface area contributed by atoms with E-state index in [1.807, 2.05) is 4.68 Å². The van der Waals surface area contributed by atoms with Crippen LogP contribution in [0.2, 0.25) is 0 Å². The van der Waals surface area contributed by atoms with Gasteiger partial charge in [-0.15, -0.1) is 12.4 Å². The van der Waals surface area contributed by atoms with Gasteiger partial charge in [0.25, 0.3) is 0 Å². The van der Waals surface area contributed by atoms with Gasteiger partial charge in [0.15, 0.2) is 5.82 Å². The van der Waals surface area contributed by atoms with Crippen LogP contribution in [0.5, 0.6) is 0 Å². The molecule has 0 amide bonds. The zero-order valence-corrected chi connectivity index (χ0v) is 18.0. The number of aryl methyl sites for hydroxylation is 1. The van der Waals surface area contributed by atoms with Crippen molar-refractivity contribution in [2.24, 2.45) is 4.99 Å². The Morgan fingerprint density at radius 2 is 1.90 bits per heavy atom. The summed E-state index contributed by atoms with van der Waals surface area (Å²) in [6.07, 6.45) is 6.91. The highest BCUT2D eigenvalue weighted by Crippen LogP contribution is 2.35. The summed E-state index contributed by atoms with van der Waals surface area (Å²) in [6, 6.07) is 4.69. The normalized spacial score (nSPS) is 16.2. The molecule has 0 aliphatic carbocycles. The fraction of sp³-hybridized carbons (Fsp3) is 0.524. The highest BCUT2D eigenvalue weighted by Gasteiger charge is 2.26. The van der Waals surface area contributed by atoms with E-state index >= 15 is 0 Å². The van der Waals surface area contributed by atoms with Crippen molar-refractivity contribution in [1.82, 2.24) is 19.6 Å². The molecule has 2 aliphatic rings. The van der Waals surface area contributed by atoms with Crippen molar-refractivity contribution < 1.29 is 4.39 Å². The van der Waals surface area contributed by atoms with Gasteiger partial charge >= 0.3 is 0 Å². The largest absolute Gasteiger partial charge is 0.353 e. The number of aromatic nitrogens is 2. The van der Waals surface area contributed by atoms with Gasteiger partial charge in [0.1, 0.15) is 11.7 Å². The van der Waals surface area contributed by atoms with Crippen LogP contribution < -0.4 is 5.32 Å². The highest BCUT2D eigenvalue weighted by molar-refractivity contribution is 6.06. The Balaban J connectivity index is 0.00000240. The number of anilines is 2. The highest BCUT2D eigenvalue weighted by atomic mass is 35.5. The molecule has 0 unspecified atom stereocenters. The maximum absolute atomic E-state index is 13.8. The van der Waals surface area contributed by atoms with Crippen LogP contribution in [0.25, 0.3) is 0 Å². The first-order valence-corrected chi connectivity index (χ1v) is 10.3. The first kappa shape index (κ1) is 21.6. The van der Waals surface area contributed by atoms with Gasteiger partial charge in [-0.05, 0) is 25.6 Å². The first-order valence-electron chi connectivity index (χ1n) is 10.3. The lowest BCUT2D eigenvalue weighted by molar-refractivity contribution is 0.216. The maximum atomic E-state index is 13.8. The first-order chi connectivity index (χ1) is 13.6. The summed E-state index contributed by atoms with van der Waals surface area (Å²) in [4.78, 5) is 9.49. The minimum Gasteiger partial charge on any atom is -0.353 e. The molecule has 2 aromatic rings. The Kier molecular flexibility index (Phi) is 7.14. The van der Waals surface area contributed by atoms with Crippen molar-refractivity contribution in [1.29, 1.82) is 0 Å². The number of nitrogens with zero attached hydrogens (tertiary/aromatic N) is 5. The molecule has 158 valence electrons. The van der Waals surface area contributed by atoms with Crippen LogP contribution in [0.15, 0.2) is 29.4 Å². The van der Waals surface area contributed by atoms with Crippen molar-refractivity contribution in [3.63, 3.8) is 0 Å². The molecular weight excluding hydrogens is 391 g/mol.